The van der Waals surface area contributed by atoms with Gasteiger partial charge in [-0.15, -0.1) is 0 Å². The molecule has 4 rings (SSSR count). The number of ether oxygens (including phenoxy) is 1. The summed E-state index contributed by atoms with van der Waals surface area (Å²) < 4.78 is 20.2. The first-order chi connectivity index (χ1) is 16.3. The number of carbonyl (C=O) groups excluding carboxylic acids is 3. The Bertz CT molecular complexity index is 1290. The van der Waals surface area contributed by atoms with Crippen LogP contribution in [0.25, 0.3) is 6.08 Å². The van der Waals surface area contributed by atoms with Gasteiger partial charge in [0.25, 0.3) is 17.7 Å². The number of rotatable bonds is 6. The molecule has 0 aromatic heterocycles. The summed E-state index contributed by atoms with van der Waals surface area (Å²) >= 11 is 6.77. The third-order valence-corrected chi connectivity index (χ3v) is 5.91. The van der Waals surface area contributed by atoms with Gasteiger partial charge in [0.1, 0.15) is 17.1 Å². The number of hydrazine groups is 1. The Morgan fingerprint density at radius 1 is 1.03 bits per heavy atom. The molecule has 7 nitrogen and oxygen atoms in total. The maximum absolute atomic E-state index is 13.7. The Morgan fingerprint density at radius 3 is 2.35 bits per heavy atom. The summed E-state index contributed by atoms with van der Waals surface area (Å²) in [7, 11) is 0. The summed E-state index contributed by atoms with van der Waals surface area (Å²) in [5, 5.41) is 3.63. The van der Waals surface area contributed by atoms with E-state index in [2.05, 4.69) is 42.6 Å². The van der Waals surface area contributed by atoms with Gasteiger partial charge in [0, 0.05) is 0 Å². The normalized spacial score (nSPS) is 14.3. The van der Waals surface area contributed by atoms with Crippen molar-refractivity contribution < 1.29 is 23.5 Å². The van der Waals surface area contributed by atoms with Crippen molar-refractivity contribution in [3.05, 3.63) is 92.6 Å². The number of halogens is 3. The summed E-state index contributed by atoms with van der Waals surface area (Å²) in [5.41, 5.74) is 3.67. The van der Waals surface area contributed by atoms with Crippen LogP contribution in [-0.2, 0) is 14.4 Å². The lowest BCUT2D eigenvalue weighted by Gasteiger charge is -2.14. The van der Waals surface area contributed by atoms with Crippen LogP contribution in [0.4, 0.5) is 15.8 Å². The molecule has 2 N–H and O–H groups in total. The molecular formula is C24H16Br2FN3O4. The summed E-state index contributed by atoms with van der Waals surface area (Å²) in [4.78, 5) is 37.3. The van der Waals surface area contributed by atoms with E-state index in [0.717, 1.165) is 0 Å². The van der Waals surface area contributed by atoms with E-state index >= 15 is 0 Å². The van der Waals surface area contributed by atoms with Crippen molar-refractivity contribution in [1.29, 1.82) is 0 Å². The van der Waals surface area contributed by atoms with Crippen LogP contribution < -0.4 is 20.5 Å². The van der Waals surface area contributed by atoms with Crippen molar-refractivity contribution in [2.75, 3.05) is 16.9 Å². The van der Waals surface area contributed by atoms with Crippen LogP contribution in [0.5, 0.6) is 5.75 Å². The minimum Gasteiger partial charge on any atom is -0.481 e. The van der Waals surface area contributed by atoms with Gasteiger partial charge in [-0.2, -0.15) is 0 Å². The zero-order valence-corrected chi connectivity index (χ0v) is 20.5. The Balaban J connectivity index is 1.47. The number of amides is 3. The maximum Gasteiger partial charge on any atom is 0.282 e. The van der Waals surface area contributed by atoms with Crippen LogP contribution in [0.3, 0.4) is 0 Å². The first-order valence-electron chi connectivity index (χ1n) is 9.92. The van der Waals surface area contributed by atoms with Crippen molar-refractivity contribution >= 4 is 67.0 Å². The first-order valence-corrected chi connectivity index (χ1v) is 11.5. The second-order valence-corrected chi connectivity index (χ2v) is 8.81. The van der Waals surface area contributed by atoms with Gasteiger partial charge >= 0.3 is 0 Å². The number of benzene rings is 3. The zero-order valence-electron chi connectivity index (χ0n) is 17.3. The summed E-state index contributed by atoms with van der Waals surface area (Å²) in [6.45, 7) is -0.362. The average Bonchev–Trinajstić information content (AvgIpc) is 3.09. The summed E-state index contributed by atoms with van der Waals surface area (Å²) in [6.07, 6.45) is 1.46. The molecule has 0 aliphatic carbocycles. The lowest BCUT2D eigenvalue weighted by molar-refractivity contribution is -0.118. The van der Waals surface area contributed by atoms with E-state index in [1.807, 2.05) is 6.07 Å². The summed E-state index contributed by atoms with van der Waals surface area (Å²) in [5.74, 6) is -1.75. The molecule has 0 atom stereocenters. The molecule has 1 heterocycles. The minimum atomic E-state index is -0.549. The third kappa shape index (κ3) is 5.18. The molecule has 0 radical (unpaired) electrons. The van der Waals surface area contributed by atoms with Crippen LogP contribution in [0.15, 0.2) is 81.2 Å². The van der Waals surface area contributed by atoms with Crippen LogP contribution in [0.1, 0.15) is 5.56 Å². The van der Waals surface area contributed by atoms with Crippen molar-refractivity contribution in [1.82, 2.24) is 5.43 Å². The SMILES string of the molecule is O=C(COc1c(Br)cc(/C=C2/C(=O)NN(c3ccccc3)C2=O)cc1Br)Nc1ccccc1F. The molecule has 172 valence electrons. The van der Waals surface area contributed by atoms with E-state index in [4.69, 9.17) is 4.74 Å². The van der Waals surface area contributed by atoms with Gasteiger partial charge < -0.3 is 10.1 Å². The predicted molar refractivity (Wildman–Crippen MR) is 132 cm³/mol. The molecule has 3 amide bonds. The highest BCUT2D eigenvalue weighted by molar-refractivity contribution is 9.11. The quantitative estimate of drug-likeness (QED) is 0.319. The van der Waals surface area contributed by atoms with E-state index in [9.17, 15) is 18.8 Å². The van der Waals surface area contributed by atoms with Crippen LogP contribution in [-0.4, -0.2) is 24.3 Å². The second-order valence-electron chi connectivity index (χ2n) is 7.11. The number of anilines is 2. The molecule has 0 spiro atoms. The highest BCUT2D eigenvalue weighted by atomic mass is 79.9. The average molecular weight is 589 g/mol. The maximum atomic E-state index is 13.7. The summed E-state index contributed by atoms with van der Waals surface area (Å²) in [6, 6.07) is 17.9. The van der Waals surface area contributed by atoms with E-state index in [1.54, 1.807) is 42.5 Å². The fourth-order valence-corrected chi connectivity index (χ4v) is 4.62. The molecule has 1 fully saturated rings. The predicted octanol–water partition coefficient (Wildman–Crippen LogP) is 4.83. The number of hydrogen-bond acceptors (Lipinski definition) is 4. The van der Waals surface area contributed by atoms with Gasteiger partial charge in [0.15, 0.2) is 6.61 Å². The van der Waals surface area contributed by atoms with E-state index in [0.29, 0.717) is 25.9 Å². The number of hydrogen-bond donors (Lipinski definition) is 2. The number of carbonyl (C=O) groups is 3. The molecule has 3 aromatic rings. The molecule has 0 saturated carbocycles. The zero-order chi connectivity index (χ0) is 24.2. The third-order valence-electron chi connectivity index (χ3n) is 4.73. The molecule has 3 aromatic carbocycles. The molecule has 0 unspecified atom stereocenters. The van der Waals surface area contributed by atoms with Crippen LogP contribution in [0, 0.1) is 5.82 Å². The van der Waals surface area contributed by atoms with Gasteiger partial charge in [-0.3, -0.25) is 19.8 Å². The van der Waals surface area contributed by atoms with Crippen molar-refractivity contribution in [3.63, 3.8) is 0 Å². The highest BCUT2D eigenvalue weighted by Gasteiger charge is 2.34. The van der Waals surface area contributed by atoms with Gasteiger partial charge in [-0.1, -0.05) is 30.3 Å². The van der Waals surface area contributed by atoms with E-state index in [-0.39, 0.29) is 17.9 Å². The molecule has 1 aliphatic rings. The number of nitrogens with one attached hydrogen (secondary N) is 2. The lowest BCUT2D eigenvalue weighted by Crippen LogP contribution is -2.35. The number of para-hydroxylation sites is 2. The molecular weight excluding hydrogens is 573 g/mol. The van der Waals surface area contributed by atoms with Crippen LogP contribution in [0.2, 0.25) is 0 Å². The monoisotopic (exact) mass is 587 g/mol. The largest absolute Gasteiger partial charge is 0.481 e. The second kappa shape index (κ2) is 10.2. The molecule has 1 saturated heterocycles. The number of nitrogens with zero attached hydrogens (tertiary/aromatic N) is 1. The Hall–Kier alpha value is -3.50. The van der Waals surface area contributed by atoms with Crippen molar-refractivity contribution in [2.24, 2.45) is 0 Å². The highest BCUT2D eigenvalue weighted by Crippen LogP contribution is 2.36. The van der Waals surface area contributed by atoms with Gasteiger partial charge in [-0.05, 0) is 79.9 Å². The van der Waals surface area contributed by atoms with Gasteiger partial charge in [0.05, 0.1) is 20.3 Å². The van der Waals surface area contributed by atoms with Crippen LogP contribution >= 0.6 is 31.9 Å². The Morgan fingerprint density at radius 2 is 1.68 bits per heavy atom. The smallest absolute Gasteiger partial charge is 0.282 e. The fraction of sp³-hybridized carbons (Fsp3) is 0.0417. The van der Waals surface area contributed by atoms with E-state index < -0.39 is 23.5 Å². The lowest BCUT2D eigenvalue weighted by atomic mass is 10.1. The fourth-order valence-electron chi connectivity index (χ4n) is 3.17. The van der Waals surface area contributed by atoms with Crippen molar-refractivity contribution in [3.8, 4) is 5.75 Å². The minimum absolute atomic E-state index is 0.0272. The van der Waals surface area contributed by atoms with Gasteiger partial charge in [0.2, 0.25) is 0 Å². The topological polar surface area (TPSA) is 87.7 Å². The Kier molecular flexibility index (Phi) is 7.09. The molecule has 0 bridgehead atoms. The molecule has 34 heavy (non-hydrogen) atoms. The standard InChI is InChI=1S/C24H16Br2FN3O4/c25-17-11-14(10-16-23(32)29-30(24(16)33)15-6-2-1-3-7-15)12-18(26)22(17)34-13-21(31)28-20-9-5-4-8-19(20)27/h1-12H,13H2,(H,28,31)(H,29,32)/b16-10-. The van der Waals surface area contributed by atoms with Crippen molar-refractivity contribution in [2.45, 2.75) is 0 Å². The van der Waals surface area contributed by atoms with Gasteiger partial charge in [-0.25, -0.2) is 9.40 Å². The first kappa shape index (κ1) is 23.7. The van der Waals surface area contributed by atoms with E-state index in [1.165, 1.54) is 29.3 Å². The molecule has 1 aliphatic heterocycles. The molecule has 10 heteroatoms. The Labute approximate surface area is 210 Å².